The van der Waals surface area contributed by atoms with Gasteiger partial charge in [-0.05, 0) is 56.5 Å². The zero-order valence-electron chi connectivity index (χ0n) is 17.5. The Kier molecular flexibility index (Phi) is 7.13. The fourth-order valence-corrected chi connectivity index (χ4v) is 6.19. The summed E-state index contributed by atoms with van der Waals surface area (Å²) in [5, 5.41) is 3.17. The summed E-state index contributed by atoms with van der Waals surface area (Å²) in [7, 11) is -3.61. The first kappa shape index (κ1) is 23.4. The Morgan fingerprint density at radius 1 is 1.26 bits per heavy atom. The molecule has 0 bridgehead atoms. The van der Waals surface area contributed by atoms with Crippen molar-refractivity contribution in [3.05, 3.63) is 46.1 Å². The number of halogens is 1. The van der Waals surface area contributed by atoms with Gasteiger partial charge in [0.1, 0.15) is 10.8 Å². The molecule has 168 valence electrons. The van der Waals surface area contributed by atoms with E-state index in [0.717, 1.165) is 29.1 Å². The van der Waals surface area contributed by atoms with Gasteiger partial charge in [0.05, 0.1) is 16.2 Å². The van der Waals surface area contributed by atoms with Crippen molar-refractivity contribution in [2.24, 2.45) is 5.73 Å². The molecule has 31 heavy (non-hydrogen) atoms. The third-order valence-corrected chi connectivity index (χ3v) is 8.25. The number of nitrogens with one attached hydrogen (secondary N) is 1. The third kappa shape index (κ3) is 5.50. The molecule has 7 nitrogen and oxygen atoms in total. The van der Waals surface area contributed by atoms with Gasteiger partial charge in [-0.2, -0.15) is 0 Å². The van der Waals surface area contributed by atoms with E-state index in [4.69, 9.17) is 5.73 Å². The zero-order chi connectivity index (χ0) is 22.8. The van der Waals surface area contributed by atoms with Crippen LogP contribution in [0.15, 0.2) is 29.2 Å². The molecule has 0 saturated heterocycles. The van der Waals surface area contributed by atoms with Crippen LogP contribution < -0.4 is 11.1 Å². The van der Waals surface area contributed by atoms with E-state index in [1.807, 2.05) is 0 Å². The van der Waals surface area contributed by atoms with Gasteiger partial charge in [-0.3, -0.25) is 14.5 Å². The highest BCUT2D eigenvalue weighted by Crippen LogP contribution is 2.37. The number of nitrogens with zero attached hydrogens (tertiary/aromatic N) is 1. The van der Waals surface area contributed by atoms with Crippen molar-refractivity contribution in [1.82, 2.24) is 4.90 Å². The van der Waals surface area contributed by atoms with E-state index < -0.39 is 21.6 Å². The SMILES string of the molecule is CC(C)N1CCc2c(sc(NC(=O)CCCS(=O)(=O)c3ccc(F)cc3)c2C(N)=O)C1. The Bertz CT molecular complexity index is 1080. The van der Waals surface area contributed by atoms with Crippen LogP contribution in [0.1, 0.15) is 47.5 Å². The second-order valence-corrected chi connectivity index (χ2v) is 11.0. The summed E-state index contributed by atoms with van der Waals surface area (Å²) in [6, 6.07) is 4.96. The second kappa shape index (κ2) is 9.46. The van der Waals surface area contributed by atoms with Gasteiger partial charge in [0.15, 0.2) is 9.84 Å². The predicted octanol–water partition coefficient (Wildman–Crippen LogP) is 2.95. The van der Waals surface area contributed by atoms with Crippen LogP contribution in [0.2, 0.25) is 0 Å². The number of amides is 2. The van der Waals surface area contributed by atoms with Crippen molar-refractivity contribution in [3.8, 4) is 0 Å². The van der Waals surface area contributed by atoms with Crippen molar-refractivity contribution < 1.29 is 22.4 Å². The van der Waals surface area contributed by atoms with Crippen molar-refractivity contribution in [2.75, 3.05) is 17.6 Å². The van der Waals surface area contributed by atoms with E-state index in [1.165, 1.54) is 23.5 Å². The molecule has 0 radical (unpaired) electrons. The number of nitrogens with two attached hydrogens (primary N) is 1. The molecule has 2 heterocycles. The minimum atomic E-state index is -3.61. The first-order valence-electron chi connectivity index (χ1n) is 10.0. The van der Waals surface area contributed by atoms with E-state index in [0.29, 0.717) is 29.6 Å². The highest BCUT2D eigenvalue weighted by molar-refractivity contribution is 7.91. The largest absolute Gasteiger partial charge is 0.365 e. The molecule has 0 spiro atoms. The molecule has 10 heteroatoms. The molecular weight excluding hydrogens is 441 g/mol. The predicted molar refractivity (Wildman–Crippen MR) is 118 cm³/mol. The minimum absolute atomic E-state index is 0.0194. The molecule has 0 atom stereocenters. The normalized spacial score (nSPS) is 14.5. The maximum Gasteiger partial charge on any atom is 0.251 e. The molecule has 1 aliphatic rings. The molecule has 0 fully saturated rings. The lowest BCUT2D eigenvalue weighted by atomic mass is 10.0. The Morgan fingerprint density at radius 2 is 1.94 bits per heavy atom. The lowest BCUT2D eigenvalue weighted by Crippen LogP contribution is -2.35. The smallest absolute Gasteiger partial charge is 0.251 e. The van der Waals surface area contributed by atoms with Gasteiger partial charge in [-0.25, -0.2) is 12.8 Å². The highest BCUT2D eigenvalue weighted by atomic mass is 32.2. The summed E-state index contributed by atoms with van der Waals surface area (Å²) in [5.74, 6) is -1.71. The Balaban J connectivity index is 1.64. The van der Waals surface area contributed by atoms with Crippen LogP contribution in [0.4, 0.5) is 9.39 Å². The lowest BCUT2D eigenvalue weighted by molar-refractivity contribution is -0.116. The third-order valence-electron chi connectivity index (χ3n) is 5.31. The average molecular weight is 468 g/mol. The number of carbonyl (C=O) groups excluding carboxylic acids is 2. The number of hydrogen-bond donors (Lipinski definition) is 2. The van der Waals surface area contributed by atoms with Gasteiger partial charge in [-0.15, -0.1) is 11.3 Å². The molecule has 1 aromatic heterocycles. The Hall–Kier alpha value is -2.30. The maximum atomic E-state index is 13.0. The number of benzene rings is 1. The number of hydrogen-bond acceptors (Lipinski definition) is 6. The summed E-state index contributed by atoms with van der Waals surface area (Å²) in [6.45, 7) is 5.73. The van der Waals surface area contributed by atoms with E-state index in [-0.39, 0.29) is 29.4 Å². The van der Waals surface area contributed by atoms with Gasteiger partial charge in [-0.1, -0.05) is 0 Å². The Labute approximate surface area is 185 Å². The summed E-state index contributed by atoms with van der Waals surface area (Å²) in [4.78, 5) is 27.8. The fourth-order valence-electron chi connectivity index (χ4n) is 3.58. The summed E-state index contributed by atoms with van der Waals surface area (Å²) in [6.07, 6.45) is 0.761. The number of anilines is 1. The summed E-state index contributed by atoms with van der Waals surface area (Å²) >= 11 is 1.35. The second-order valence-electron chi connectivity index (χ2n) is 7.81. The van der Waals surface area contributed by atoms with Crippen LogP contribution in [0.5, 0.6) is 0 Å². The van der Waals surface area contributed by atoms with Gasteiger partial charge >= 0.3 is 0 Å². The number of thiophene rings is 1. The van der Waals surface area contributed by atoms with E-state index >= 15 is 0 Å². The average Bonchev–Trinajstić information content (AvgIpc) is 3.05. The van der Waals surface area contributed by atoms with Gasteiger partial charge in [0, 0.05) is 30.4 Å². The molecule has 0 unspecified atom stereocenters. The molecule has 1 aliphatic heterocycles. The maximum absolute atomic E-state index is 13.0. The number of primary amides is 1. The van der Waals surface area contributed by atoms with E-state index in [1.54, 1.807) is 0 Å². The van der Waals surface area contributed by atoms with E-state index in [2.05, 4.69) is 24.1 Å². The minimum Gasteiger partial charge on any atom is -0.365 e. The van der Waals surface area contributed by atoms with Gasteiger partial charge in [0.25, 0.3) is 5.91 Å². The van der Waals surface area contributed by atoms with Crippen LogP contribution in [0.3, 0.4) is 0 Å². The van der Waals surface area contributed by atoms with Crippen LogP contribution in [0, 0.1) is 5.82 Å². The standard InChI is InChI=1S/C21H26FN3O4S2/c1-13(2)25-10-9-16-17(12-25)30-21(19(16)20(23)27)24-18(26)4-3-11-31(28,29)15-7-5-14(22)6-8-15/h5-8,13H,3-4,9-12H2,1-2H3,(H2,23,27)(H,24,26). The topological polar surface area (TPSA) is 110 Å². The molecule has 3 rings (SSSR count). The van der Waals surface area contributed by atoms with Crippen molar-refractivity contribution in [1.29, 1.82) is 0 Å². The highest BCUT2D eigenvalue weighted by Gasteiger charge is 2.28. The number of sulfone groups is 1. The first-order chi connectivity index (χ1) is 14.6. The van der Waals surface area contributed by atoms with Crippen LogP contribution in [-0.4, -0.2) is 43.5 Å². The van der Waals surface area contributed by atoms with Crippen molar-refractivity contribution in [3.63, 3.8) is 0 Å². The fraction of sp³-hybridized carbons (Fsp3) is 0.429. The van der Waals surface area contributed by atoms with Crippen molar-refractivity contribution in [2.45, 2.75) is 50.6 Å². The van der Waals surface area contributed by atoms with Crippen LogP contribution in [0.25, 0.3) is 0 Å². The molecular formula is C21H26FN3O4S2. The van der Waals surface area contributed by atoms with Gasteiger partial charge in [0.2, 0.25) is 5.91 Å². The van der Waals surface area contributed by atoms with Crippen LogP contribution in [-0.2, 0) is 27.6 Å². The monoisotopic (exact) mass is 467 g/mol. The lowest BCUT2D eigenvalue weighted by Gasteiger charge is -2.30. The number of carbonyl (C=O) groups is 2. The molecule has 1 aromatic carbocycles. The number of fused-ring (bicyclic) bond motifs is 1. The van der Waals surface area contributed by atoms with E-state index in [9.17, 15) is 22.4 Å². The quantitative estimate of drug-likeness (QED) is 0.580. The van der Waals surface area contributed by atoms with Crippen LogP contribution >= 0.6 is 11.3 Å². The number of rotatable bonds is 8. The van der Waals surface area contributed by atoms with Crippen molar-refractivity contribution >= 4 is 38.0 Å². The molecule has 0 aliphatic carbocycles. The molecule has 0 saturated carbocycles. The molecule has 3 N–H and O–H groups in total. The summed E-state index contributed by atoms with van der Waals surface area (Å²) in [5.41, 5.74) is 6.83. The first-order valence-corrected chi connectivity index (χ1v) is 12.5. The zero-order valence-corrected chi connectivity index (χ0v) is 19.1. The van der Waals surface area contributed by atoms with Gasteiger partial charge < -0.3 is 11.1 Å². The molecule has 2 aromatic rings. The summed E-state index contributed by atoms with van der Waals surface area (Å²) < 4.78 is 37.6. The Morgan fingerprint density at radius 3 is 2.55 bits per heavy atom. The molecule has 2 amide bonds.